The van der Waals surface area contributed by atoms with E-state index in [0.717, 1.165) is 37.1 Å². The van der Waals surface area contributed by atoms with Crippen molar-refractivity contribution in [1.82, 2.24) is 4.90 Å². The Balaban J connectivity index is 1.42. The summed E-state index contributed by atoms with van der Waals surface area (Å²) in [5, 5.41) is 10.5. The third-order valence-electron chi connectivity index (χ3n) is 6.43. The van der Waals surface area contributed by atoms with Gasteiger partial charge in [0.15, 0.2) is 5.60 Å². The van der Waals surface area contributed by atoms with Crippen molar-refractivity contribution in [2.75, 3.05) is 6.54 Å². The number of rotatable bonds is 3. The number of para-hydroxylation sites is 1. The summed E-state index contributed by atoms with van der Waals surface area (Å²) in [6.07, 6.45) is 7.26. The predicted molar refractivity (Wildman–Crippen MR) is 97.5 cm³/mol. The summed E-state index contributed by atoms with van der Waals surface area (Å²) in [7, 11) is 0. The van der Waals surface area contributed by atoms with Crippen molar-refractivity contribution in [2.24, 2.45) is 0 Å². The molecule has 1 saturated carbocycles. The van der Waals surface area contributed by atoms with Crippen molar-refractivity contribution in [1.29, 1.82) is 0 Å². The molecule has 1 N–H and O–H groups in total. The van der Waals surface area contributed by atoms with Crippen LogP contribution in [-0.2, 0) is 15.3 Å². The molecule has 0 aromatic heterocycles. The zero-order chi connectivity index (χ0) is 17.0. The van der Waals surface area contributed by atoms with Crippen LogP contribution in [0.1, 0.15) is 37.7 Å². The number of esters is 1. The SMILES string of the molecule is O=C1C=C2CC(SCc3ccccc3O)C3CC2(O1)C1CCCCN31. The molecule has 3 fully saturated rings. The van der Waals surface area contributed by atoms with Gasteiger partial charge in [-0.25, -0.2) is 4.79 Å². The number of ether oxygens (including phenoxy) is 1. The molecular formula is C20H23NO3S. The lowest BCUT2D eigenvalue weighted by Crippen LogP contribution is -2.48. The van der Waals surface area contributed by atoms with Crippen LogP contribution in [-0.4, -0.2) is 45.5 Å². The zero-order valence-corrected chi connectivity index (χ0v) is 15.0. The second kappa shape index (κ2) is 5.78. The molecule has 132 valence electrons. The molecular weight excluding hydrogens is 334 g/mol. The first-order chi connectivity index (χ1) is 12.2. The lowest BCUT2D eigenvalue weighted by molar-refractivity contribution is -0.148. The van der Waals surface area contributed by atoms with E-state index in [0.29, 0.717) is 23.1 Å². The van der Waals surface area contributed by atoms with Gasteiger partial charge in [-0.2, -0.15) is 11.8 Å². The van der Waals surface area contributed by atoms with Gasteiger partial charge in [-0.15, -0.1) is 0 Å². The maximum atomic E-state index is 12.0. The van der Waals surface area contributed by atoms with E-state index in [-0.39, 0.29) is 11.6 Å². The van der Waals surface area contributed by atoms with Crippen molar-refractivity contribution in [3.8, 4) is 5.75 Å². The van der Waals surface area contributed by atoms with Gasteiger partial charge in [0, 0.05) is 35.1 Å². The van der Waals surface area contributed by atoms with E-state index in [2.05, 4.69) is 4.90 Å². The molecule has 25 heavy (non-hydrogen) atoms. The molecule has 2 saturated heterocycles. The molecule has 1 aliphatic carbocycles. The molecule has 5 heteroatoms. The zero-order valence-electron chi connectivity index (χ0n) is 14.2. The lowest BCUT2D eigenvalue weighted by atomic mass is 9.77. The quantitative estimate of drug-likeness (QED) is 0.842. The maximum absolute atomic E-state index is 12.0. The summed E-state index contributed by atoms with van der Waals surface area (Å²) in [6, 6.07) is 8.44. The van der Waals surface area contributed by atoms with Gasteiger partial charge in [-0.3, -0.25) is 4.90 Å². The number of nitrogens with zero attached hydrogens (tertiary/aromatic N) is 1. The fourth-order valence-electron chi connectivity index (χ4n) is 5.34. The molecule has 2 bridgehead atoms. The number of carbonyl (C=O) groups is 1. The van der Waals surface area contributed by atoms with Crippen molar-refractivity contribution < 1.29 is 14.6 Å². The summed E-state index contributed by atoms with van der Waals surface area (Å²) >= 11 is 1.92. The second-order valence-corrected chi connectivity index (χ2v) is 8.91. The van der Waals surface area contributed by atoms with Crippen molar-refractivity contribution in [3.05, 3.63) is 41.5 Å². The summed E-state index contributed by atoms with van der Waals surface area (Å²) < 4.78 is 5.92. The molecule has 4 nitrogen and oxygen atoms in total. The number of phenols is 1. The van der Waals surface area contributed by atoms with E-state index in [1.807, 2.05) is 30.0 Å². The van der Waals surface area contributed by atoms with Gasteiger partial charge < -0.3 is 9.84 Å². The van der Waals surface area contributed by atoms with Crippen LogP contribution >= 0.6 is 11.8 Å². The number of hydrogen-bond donors (Lipinski definition) is 1. The smallest absolute Gasteiger partial charge is 0.331 e. The van der Waals surface area contributed by atoms with Gasteiger partial charge in [0.1, 0.15) is 5.75 Å². The summed E-state index contributed by atoms with van der Waals surface area (Å²) in [5.41, 5.74) is 1.89. The van der Waals surface area contributed by atoms with Gasteiger partial charge in [0.25, 0.3) is 0 Å². The number of benzene rings is 1. The highest BCUT2D eigenvalue weighted by atomic mass is 32.2. The minimum atomic E-state index is -0.325. The monoisotopic (exact) mass is 357 g/mol. The number of fused-ring (bicyclic) bond motifs is 3. The van der Waals surface area contributed by atoms with Crippen LogP contribution in [0.2, 0.25) is 0 Å². The summed E-state index contributed by atoms with van der Waals surface area (Å²) in [5.74, 6) is 1.04. The Hall–Kier alpha value is -1.46. The first-order valence-electron chi connectivity index (χ1n) is 9.26. The largest absolute Gasteiger partial charge is 0.508 e. The van der Waals surface area contributed by atoms with Gasteiger partial charge in [0.2, 0.25) is 0 Å². The van der Waals surface area contributed by atoms with Gasteiger partial charge in [-0.1, -0.05) is 24.6 Å². The Kier molecular flexibility index (Phi) is 3.64. The van der Waals surface area contributed by atoms with Gasteiger partial charge in [-0.05, 0) is 37.4 Å². The number of carbonyl (C=O) groups excluding carboxylic acids is 1. The number of phenolic OH excluding ortho intramolecular Hbond substituents is 1. The Morgan fingerprint density at radius 1 is 1.32 bits per heavy atom. The van der Waals surface area contributed by atoms with E-state index in [1.54, 1.807) is 12.1 Å². The number of thioether (sulfide) groups is 1. The molecule has 1 spiro atoms. The van der Waals surface area contributed by atoms with Crippen molar-refractivity contribution in [2.45, 2.75) is 60.8 Å². The fraction of sp³-hybridized carbons (Fsp3) is 0.550. The van der Waals surface area contributed by atoms with Crippen LogP contribution < -0.4 is 0 Å². The predicted octanol–water partition coefficient (Wildman–Crippen LogP) is 3.25. The molecule has 0 amide bonds. The van der Waals surface area contributed by atoms with E-state index in [4.69, 9.17) is 4.74 Å². The van der Waals surface area contributed by atoms with Crippen LogP contribution in [0.5, 0.6) is 5.75 Å². The Labute approximate surface area is 152 Å². The third kappa shape index (κ3) is 2.36. The third-order valence-corrected chi connectivity index (χ3v) is 7.82. The van der Waals surface area contributed by atoms with E-state index >= 15 is 0 Å². The van der Waals surface area contributed by atoms with Crippen LogP contribution in [0.25, 0.3) is 0 Å². The fourth-order valence-corrected chi connectivity index (χ4v) is 6.75. The summed E-state index contributed by atoms with van der Waals surface area (Å²) in [4.78, 5) is 14.7. The average molecular weight is 357 g/mol. The Bertz CT molecular complexity index is 748. The highest BCUT2D eigenvalue weighted by molar-refractivity contribution is 7.99. The first kappa shape index (κ1) is 15.8. The Morgan fingerprint density at radius 3 is 3.08 bits per heavy atom. The van der Waals surface area contributed by atoms with E-state index < -0.39 is 0 Å². The van der Waals surface area contributed by atoms with Crippen LogP contribution in [0.4, 0.5) is 0 Å². The number of aromatic hydroxyl groups is 1. The van der Waals surface area contributed by atoms with Crippen LogP contribution in [0.3, 0.4) is 0 Å². The van der Waals surface area contributed by atoms with Crippen molar-refractivity contribution in [3.63, 3.8) is 0 Å². The highest BCUT2D eigenvalue weighted by Crippen LogP contribution is 2.56. The Morgan fingerprint density at radius 2 is 2.20 bits per heavy atom. The van der Waals surface area contributed by atoms with Crippen LogP contribution in [0.15, 0.2) is 35.9 Å². The van der Waals surface area contributed by atoms with E-state index in [1.165, 1.54) is 18.4 Å². The normalized spacial score (nSPS) is 36.6. The molecule has 4 aliphatic rings. The number of hydrogen-bond acceptors (Lipinski definition) is 5. The molecule has 5 rings (SSSR count). The number of piperidine rings is 1. The standard InChI is InChI=1S/C20H23NO3S/c22-16-6-2-1-5-13(16)12-25-17-9-14-10-19(23)24-20(14)11-15(17)21-8-4-3-7-18(20)21/h1-2,5-6,10,15,17-18,22H,3-4,7-9,11-12H2. The first-order valence-corrected chi connectivity index (χ1v) is 10.3. The molecule has 3 aliphatic heterocycles. The minimum Gasteiger partial charge on any atom is -0.508 e. The molecule has 1 aromatic rings. The lowest BCUT2D eigenvalue weighted by Gasteiger charge is -2.38. The minimum absolute atomic E-state index is 0.146. The average Bonchev–Trinajstić information content (AvgIpc) is 3.10. The molecule has 0 radical (unpaired) electrons. The second-order valence-electron chi connectivity index (χ2n) is 7.68. The van der Waals surface area contributed by atoms with E-state index in [9.17, 15) is 9.90 Å². The van der Waals surface area contributed by atoms with Gasteiger partial charge in [0.05, 0.1) is 6.04 Å². The molecule has 4 atom stereocenters. The molecule has 1 aromatic carbocycles. The highest BCUT2D eigenvalue weighted by Gasteiger charge is 2.63. The van der Waals surface area contributed by atoms with Crippen molar-refractivity contribution >= 4 is 17.7 Å². The topological polar surface area (TPSA) is 49.8 Å². The summed E-state index contributed by atoms with van der Waals surface area (Å²) in [6.45, 7) is 1.12. The molecule has 4 unspecified atom stereocenters. The van der Waals surface area contributed by atoms with Crippen LogP contribution in [0, 0.1) is 0 Å². The molecule has 3 heterocycles. The van der Waals surface area contributed by atoms with Gasteiger partial charge >= 0.3 is 5.97 Å². The maximum Gasteiger partial charge on any atom is 0.331 e.